The quantitative estimate of drug-likeness (QED) is 0.781. The van der Waals surface area contributed by atoms with Crippen LogP contribution in [0.5, 0.6) is 5.75 Å². The Labute approximate surface area is 172 Å². The summed E-state index contributed by atoms with van der Waals surface area (Å²) >= 11 is 0. The highest BCUT2D eigenvalue weighted by Crippen LogP contribution is 2.29. The molecule has 156 valence electrons. The normalized spacial score (nSPS) is 14.7. The van der Waals surface area contributed by atoms with Crippen molar-refractivity contribution in [3.63, 3.8) is 0 Å². The summed E-state index contributed by atoms with van der Waals surface area (Å²) in [6, 6.07) is 11.8. The molecule has 0 radical (unpaired) electrons. The van der Waals surface area contributed by atoms with E-state index in [1.807, 2.05) is 0 Å². The number of amides is 1. The van der Waals surface area contributed by atoms with Gasteiger partial charge in [-0.1, -0.05) is 0 Å². The van der Waals surface area contributed by atoms with Gasteiger partial charge in [-0.2, -0.15) is 0 Å². The van der Waals surface area contributed by atoms with E-state index in [1.54, 1.807) is 43.5 Å². The van der Waals surface area contributed by atoms with Crippen LogP contribution in [0.15, 0.2) is 47.4 Å². The summed E-state index contributed by atoms with van der Waals surface area (Å²) in [6.45, 7) is 1.70. The fraction of sp³-hybridized carbons (Fsp3) is 0.381. The summed E-state index contributed by atoms with van der Waals surface area (Å²) in [6.07, 6.45) is 3.27. The van der Waals surface area contributed by atoms with E-state index in [0.717, 1.165) is 42.3 Å². The van der Waals surface area contributed by atoms with Crippen molar-refractivity contribution in [1.29, 1.82) is 0 Å². The molecule has 1 aliphatic rings. The van der Waals surface area contributed by atoms with E-state index in [2.05, 4.69) is 10.2 Å². The number of nitrogens with one attached hydrogen (secondary N) is 1. The molecule has 0 unspecified atom stereocenters. The second-order valence-electron chi connectivity index (χ2n) is 7.20. The molecular formula is C21H27N3O4S. The van der Waals surface area contributed by atoms with Gasteiger partial charge in [0.2, 0.25) is 10.0 Å². The standard InChI is InChI=1S/C21H27N3O4S/c1-23(2)29(26,27)18-11-12-20(24-13-5-4-6-14-24)19(15-18)21(25)22-16-7-9-17(28-3)10-8-16/h7-12,15H,4-6,13-14H2,1-3H3,(H,22,25). The number of methoxy groups -OCH3 is 1. The minimum atomic E-state index is -3.64. The number of nitrogens with zero attached hydrogens (tertiary/aromatic N) is 2. The number of ether oxygens (including phenoxy) is 1. The predicted octanol–water partition coefficient (Wildman–Crippen LogP) is 3.19. The van der Waals surface area contributed by atoms with Crippen LogP contribution in [0, 0.1) is 0 Å². The van der Waals surface area contributed by atoms with Gasteiger partial charge < -0.3 is 15.0 Å². The van der Waals surface area contributed by atoms with Gasteiger partial charge in [-0.15, -0.1) is 0 Å². The third kappa shape index (κ3) is 4.71. The summed E-state index contributed by atoms with van der Waals surface area (Å²) in [5.74, 6) is 0.350. The van der Waals surface area contributed by atoms with Gasteiger partial charge in [-0.3, -0.25) is 4.79 Å². The third-order valence-corrected chi connectivity index (χ3v) is 6.85. The molecule has 1 saturated heterocycles. The Kier molecular flexibility index (Phi) is 6.44. The van der Waals surface area contributed by atoms with E-state index >= 15 is 0 Å². The van der Waals surface area contributed by atoms with Crippen LogP contribution in [-0.4, -0.2) is 52.9 Å². The molecule has 0 aliphatic carbocycles. The van der Waals surface area contributed by atoms with Crippen LogP contribution in [-0.2, 0) is 10.0 Å². The second-order valence-corrected chi connectivity index (χ2v) is 9.35. The van der Waals surface area contributed by atoms with Crippen LogP contribution in [0.2, 0.25) is 0 Å². The molecule has 0 aromatic heterocycles. The van der Waals surface area contributed by atoms with Crippen LogP contribution in [0.3, 0.4) is 0 Å². The van der Waals surface area contributed by atoms with Gasteiger partial charge in [0.1, 0.15) is 5.75 Å². The van der Waals surface area contributed by atoms with E-state index in [1.165, 1.54) is 20.2 Å². The van der Waals surface area contributed by atoms with Crippen LogP contribution in [0.25, 0.3) is 0 Å². The maximum atomic E-state index is 13.1. The molecule has 1 aliphatic heterocycles. The fourth-order valence-corrected chi connectivity index (χ4v) is 4.28. The van der Waals surface area contributed by atoms with Gasteiger partial charge in [-0.25, -0.2) is 12.7 Å². The molecule has 7 nitrogen and oxygen atoms in total. The van der Waals surface area contributed by atoms with E-state index in [0.29, 0.717) is 17.0 Å². The number of rotatable bonds is 6. The van der Waals surface area contributed by atoms with Crippen LogP contribution >= 0.6 is 0 Å². The predicted molar refractivity (Wildman–Crippen MR) is 114 cm³/mol. The Morgan fingerprint density at radius 3 is 2.28 bits per heavy atom. The van der Waals surface area contributed by atoms with Crippen molar-refractivity contribution in [3.05, 3.63) is 48.0 Å². The number of hydrogen-bond donors (Lipinski definition) is 1. The monoisotopic (exact) mass is 417 g/mol. The molecule has 1 N–H and O–H groups in total. The van der Waals surface area contributed by atoms with E-state index in [-0.39, 0.29) is 10.8 Å². The molecule has 0 bridgehead atoms. The SMILES string of the molecule is COc1ccc(NC(=O)c2cc(S(=O)(=O)N(C)C)ccc2N2CCCCC2)cc1. The number of carbonyl (C=O) groups is 1. The Hall–Kier alpha value is -2.58. The molecule has 2 aromatic rings. The van der Waals surface area contributed by atoms with Crippen LogP contribution in [0.1, 0.15) is 29.6 Å². The first-order valence-corrected chi connectivity index (χ1v) is 11.0. The highest BCUT2D eigenvalue weighted by Gasteiger charge is 2.24. The van der Waals surface area contributed by atoms with Crippen molar-refractivity contribution in [2.75, 3.05) is 44.5 Å². The Bertz CT molecular complexity index is 966. The molecule has 1 fully saturated rings. The zero-order chi connectivity index (χ0) is 21.0. The van der Waals surface area contributed by atoms with Gasteiger partial charge in [0.15, 0.2) is 0 Å². The molecule has 0 atom stereocenters. The first kappa shape index (κ1) is 21.1. The largest absolute Gasteiger partial charge is 0.497 e. The zero-order valence-electron chi connectivity index (χ0n) is 17.0. The van der Waals surface area contributed by atoms with Gasteiger partial charge in [0.05, 0.1) is 17.6 Å². The van der Waals surface area contributed by atoms with Crippen molar-refractivity contribution < 1.29 is 17.9 Å². The lowest BCUT2D eigenvalue weighted by molar-refractivity contribution is 0.102. The average Bonchev–Trinajstić information content (AvgIpc) is 2.74. The number of anilines is 2. The number of hydrogen-bond acceptors (Lipinski definition) is 5. The smallest absolute Gasteiger partial charge is 0.257 e. The number of carbonyl (C=O) groups excluding carboxylic acids is 1. The van der Waals surface area contributed by atoms with Crippen molar-refractivity contribution in [2.24, 2.45) is 0 Å². The summed E-state index contributed by atoms with van der Waals surface area (Å²) in [5.41, 5.74) is 1.72. The van der Waals surface area contributed by atoms with Crippen molar-refractivity contribution in [1.82, 2.24) is 4.31 Å². The van der Waals surface area contributed by atoms with Gasteiger partial charge in [0.25, 0.3) is 5.91 Å². The van der Waals surface area contributed by atoms with Crippen molar-refractivity contribution >= 4 is 27.3 Å². The topological polar surface area (TPSA) is 78.9 Å². The molecule has 1 amide bonds. The average molecular weight is 418 g/mol. The van der Waals surface area contributed by atoms with Crippen LogP contribution in [0.4, 0.5) is 11.4 Å². The number of piperidine rings is 1. The Morgan fingerprint density at radius 1 is 1.03 bits per heavy atom. The lowest BCUT2D eigenvalue weighted by Gasteiger charge is -2.30. The molecule has 29 heavy (non-hydrogen) atoms. The van der Waals surface area contributed by atoms with Gasteiger partial charge >= 0.3 is 0 Å². The number of sulfonamides is 1. The molecule has 0 spiro atoms. The molecule has 0 saturated carbocycles. The summed E-state index contributed by atoms with van der Waals surface area (Å²) in [5, 5.41) is 2.87. The van der Waals surface area contributed by atoms with E-state index < -0.39 is 10.0 Å². The first-order valence-electron chi connectivity index (χ1n) is 9.60. The second kappa shape index (κ2) is 8.84. The van der Waals surface area contributed by atoms with Crippen LogP contribution < -0.4 is 15.0 Å². The number of benzene rings is 2. The minimum absolute atomic E-state index is 0.100. The summed E-state index contributed by atoms with van der Waals surface area (Å²) in [7, 11) is 0.889. The Morgan fingerprint density at radius 2 is 1.69 bits per heavy atom. The highest BCUT2D eigenvalue weighted by atomic mass is 32.2. The first-order chi connectivity index (χ1) is 13.8. The lowest BCUT2D eigenvalue weighted by Crippen LogP contribution is -2.32. The highest BCUT2D eigenvalue weighted by molar-refractivity contribution is 7.89. The minimum Gasteiger partial charge on any atom is -0.497 e. The third-order valence-electron chi connectivity index (χ3n) is 5.04. The van der Waals surface area contributed by atoms with Gasteiger partial charge in [0, 0.05) is 38.6 Å². The van der Waals surface area contributed by atoms with Gasteiger partial charge in [-0.05, 0) is 61.7 Å². The van der Waals surface area contributed by atoms with Crippen molar-refractivity contribution in [2.45, 2.75) is 24.2 Å². The maximum Gasteiger partial charge on any atom is 0.257 e. The maximum absolute atomic E-state index is 13.1. The molecule has 8 heteroatoms. The fourth-order valence-electron chi connectivity index (χ4n) is 3.35. The van der Waals surface area contributed by atoms with E-state index in [4.69, 9.17) is 4.74 Å². The molecular weight excluding hydrogens is 390 g/mol. The zero-order valence-corrected chi connectivity index (χ0v) is 17.8. The van der Waals surface area contributed by atoms with E-state index in [9.17, 15) is 13.2 Å². The van der Waals surface area contributed by atoms with Crippen molar-refractivity contribution in [3.8, 4) is 5.75 Å². The molecule has 1 heterocycles. The summed E-state index contributed by atoms with van der Waals surface area (Å²) in [4.78, 5) is 15.4. The Balaban J connectivity index is 1.98. The molecule has 3 rings (SSSR count). The summed E-state index contributed by atoms with van der Waals surface area (Å²) < 4.78 is 31.5. The molecule has 2 aromatic carbocycles. The lowest BCUT2D eigenvalue weighted by atomic mass is 10.1.